The molecule has 28 heavy (non-hydrogen) atoms. The fourth-order valence-corrected chi connectivity index (χ4v) is 2.60. The molecule has 0 saturated carbocycles. The number of rotatable bonds is 6. The molecule has 7 heteroatoms. The van der Waals surface area contributed by atoms with Crippen molar-refractivity contribution in [2.45, 2.75) is 0 Å². The van der Waals surface area contributed by atoms with E-state index in [2.05, 4.69) is 22.1 Å². The molecule has 0 bridgehead atoms. The highest BCUT2D eigenvalue weighted by Gasteiger charge is 2.09. The molecular weight excluding hydrogens is 358 g/mol. The topological polar surface area (TPSA) is 106 Å². The van der Waals surface area contributed by atoms with Crippen LogP contribution in [0.25, 0.3) is 10.9 Å². The van der Waals surface area contributed by atoms with E-state index in [1.54, 1.807) is 37.4 Å². The Morgan fingerprint density at radius 2 is 1.96 bits per heavy atom. The van der Waals surface area contributed by atoms with Crippen LogP contribution in [0.15, 0.2) is 48.5 Å². The number of fused-ring (bicyclic) bond motifs is 1. The minimum Gasteiger partial charge on any atom is -0.497 e. The van der Waals surface area contributed by atoms with Gasteiger partial charge in [-0.1, -0.05) is 24.0 Å². The van der Waals surface area contributed by atoms with Crippen molar-refractivity contribution in [3.8, 4) is 23.3 Å². The zero-order valence-electron chi connectivity index (χ0n) is 15.2. The Morgan fingerprint density at radius 1 is 1.14 bits per heavy atom. The van der Waals surface area contributed by atoms with Crippen molar-refractivity contribution in [1.82, 2.24) is 10.3 Å². The van der Waals surface area contributed by atoms with Crippen LogP contribution >= 0.6 is 0 Å². The first kappa shape index (κ1) is 18.9. The summed E-state index contributed by atoms with van der Waals surface area (Å²) in [5.41, 5.74) is 6.84. The van der Waals surface area contributed by atoms with Gasteiger partial charge in [0.1, 0.15) is 23.8 Å². The van der Waals surface area contributed by atoms with Gasteiger partial charge in [0.2, 0.25) is 0 Å². The Balaban J connectivity index is 1.52. The SMILES string of the molecule is COc1ccc2cc(C(=O)NCC#CCOc3ccccc3C(N)=O)[nH]c2c1. The number of benzene rings is 2. The van der Waals surface area contributed by atoms with Gasteiger partial charge < -0.3 is 25.5 Å². The lowest BCUT2D eigenvalue weighted by Gasteiger charge is -2.05. The zero-order valence-corrected chi connectivity index (χ0v) is 15.2. The molecule has 2 amide bonds. The molecule has 2 aromatic carbocycles. The Hall–Kier alpha value is -3.92. The molecule has 3 rings (SSSR count). The molecular formula is C21H19N3O4. The van der Waals surface area contributed by atoms with E-state index in [9.17, 15) is 9.59 Å². The number of para-hydroxylation sites is 1. The number of nitrogens with two attached hydrogens (primary N) is 1. The molecule has 142 valence electrons. The van der Waals surface area contributed by atoms with Crippen molar-refractivity contribution in [2.75, 3.05) is 20.3 Å². The summed E-state index contributed by atoms with van der Waals surface area (Å²) in [7, 11) is 1.59. The Bertz CT molecular complexity index is 1080. The number of amides is 2. The molecule has 0 fully saturated rings. The molecule has 1 aromatic heterocycles. The summed E-state index contributed by atoms with van der Waals surface area (Å²) >= 11 is 0. The van der Waals surface area contributed by atoms with E-state index in [1.807, 2.05) is 18.2 Å². The number of hydrogen-bond donors (Lipinski definition) is 3. The molecule has 7 nitrogen and oxygen atoms in total. The van der Waals surface area contributed by atoms with E-state index < -0.39 is 5.91 Å². The van der Waals surface area contributed by atoms with E-state index in [0.29, 0.717) is 22.8 Å². The lowest BCUT2D eigenvalue weighted by Crippen LogP contribution is -2.23. The standard InChI is InChI=1S/C21H19N3O4/c1-27-15-9-8-14-12-18(24-17(14)13-15)21(26)23-10-4-5-11-28-19-7-3-2-6-16(19)20(22)25/h2-3,6-9,12-13,24H,10-11H2,1H3,(H2,22,25)(H,23,26). The highest BCUT2D eigenvalue weighted by molar-refractivity contribution is 5.98. The Kier molecular flexibility index (Phi) is 5.82. The third kappa shape index (κ3) is 4.43. The number of ether oxygens (including phenoxy) is 2. The van der Waals surface area contributed by atoms with E-state index in [-0.39, 0.29) is 19.1 Å². The lowest BCUT2D eigenvalue weighted by molar-refractivity contribution is 0.0953. The number of aromatic amines is 1. The van der Waals surface area contributed by atoms with Crippen molar-refractivity contribution in [3.05, 3.63) is 59.8 Å². The maximum Gasteiger partial charge on any atom is 0.268 e. The summed E-state index contributed by atoms with van der Waals surface area (Å²) in [6.07, 6.45) is 0. The van der Waals surface area contributed by atoms with E-state index >= 15 is 0 Å². The molecule has 0 unspecified atom stereocenters. The van der Waals surface area contributed by atoms with Crippen molar-refractivity contribution in [2.24, 2.45) is 5.73 Å². The Morgan fingerprint density at radius 3 is 2.75 bits per heavy atom. The zero-order chi connectivity index (χ0) is 19.9. The van der Waals surface area contributed by atoms with Crippen LogP contribution in [0.1, 0.15) is 20.8 Å². The third-order valence-corrected chi connectivity index (χ3v) is 3.99. The van der Waals surface area contributed by atoms with E-state index in [4.69, 9.17) is 15.2 Å². The van der Waals surface area contributed by atoms with Crippen LogP contribution in [0.2, 0.25) is 0 Å². The number of H-pyrrole nitrogens is 1. The normalized spacial score (nSPS) is 10.0. The van der Waals surface area contributed by atoms with Crippen LogP contribution in [0.5, 0.6) is 11.5 Å². The number of carbonyl (C=O) groups excluding carboxylic acids is 2. The fraction of sp³-hybridized carbons (Fsp3) is 0.143. The second-order valence-electron chi connectivity index (χ2n) is 5.82. The molecule has 0 spiro atoms. The number of nitrogens with one attached hydrogen (secondary N) is 2. The summed E-state index contributed by atoms with van der Waals surface area (Å²) in [4.78, 5) is 26.6. The van der Waals surface area contributed by atoms with Crippen LogP contribution < -0.4 is 20.5 Å². The average Bonchev–Trinajstić information content (AvgIpc) is 3.14. The molecule has 0 aliphatic rings. The first-order valence-corrected chi connectivity index (χ1v) is 8.51. The van der Waals surface area contributed by atoms with Crippen LogP contribution in [0.3, 0.4) is 0 Å². The number of methoxy groups -OCH3 is 1. The van der Waals surface area contributed by atoms with Gasteiger partial charge in [-0.3, -0.25) is 9.59 Å². The third-order valence-electron chi connectivity index (χ3n) is 3.99. The summed E-state index contributed by atoms with van der Waals surface area (Å²) in [5, 5.41) is 3.63. The van der Waals surface area contributed by atoms with E-state index in [0.717, 1.165) is 10.9 Å². The first-order chi connectivity index (χ1) is 13.6. The summed E-state index contributed by atoms with van der Waals surface area (Å²) < 4.78 is 10.6. The van der Waals surface area contributed by atoms with E-state index in [1.165, 1.54) is 0 Å². The van der Waals surface area contributed by atoms with Gasteiger partial charge in [-0.25, -0.2) is 0 Å². The summed E-state index contributed by atoms with van der Waals surface area (Å²) in [5.74, 6) is 5.85. The molecule has 0 saturated heterocycles. The van der Waals surface area contributed by atoms with Gasteiger partial charge in [-0.05, 0) is 30.3 Å². The number of aromatic nitrogens is 1. The molecule has 3 aromatic rings. The second kappa shape index (κ2) is 8.64. The molecule has 0 radical (unpaired) electrons. The quantitative estimate of drug-likeness (QED) is 0.572. The maximum absolute atomic E-state index is 12.2. The highest BCUT2D eigenvalue weighted by atomic mass is 16.5. The predicted molar refractivity (Wildman–Crippen MR) is 105 cm³/mol. The van der Waals surface area contributed by atoms with Crippen LogP contribution in [0, 0.1) is 11.8 Å². The van der Waals surface area contributed by atoms with Crippen molar-refractivity contribution < 1.29 is 19.1 Å². The molecule has 0 aliphatic heterocycles. The molecule has 0 atom stereocenters. The van der Waals surface area contributed by atoms with Crippen molar-refractivity contribution in [1.29, 1.82) is 0 Å². The minimum absolute atomic E-state index is 0.0757. The lowest BCUT2D eigenvalue weighted by atomic mass is 10.2. The van der Waals surface area contributed by atoms with Crippen molar-refractivity contribution in [3.63, 3.8) is 0 Å². The van der Waals surface area contributed by atoms with Crippen molar-refractivity contribution >= 4 is 22.7 Å². The smallest absolute Gasteiger partial charge is 0.268 e. The van der Waals surface area contributed by atoms with Gasteiger partial charge in [-0.2, -0.15) is 0 Å². The molecule has 0 aliphatic carbocycles. The van der Waals surface area contributed by atoms with Crippen LogP contribution in [-0.2, 0) is 0 Å². The fourth-order valence-electron chi connectivity index (χ4n) is 2.60. The van der Waals surface area contributed by atoms with Gasteiger partial charge in [0.15, 0.2) is 0 Å². The number of primary amides is 1. The van der Waals surface area contributed by atoms with Gasteiger partial charge in [0.25, 0.3) is 11.8 Å². The minimum atomic E-state index is -0.563. The van der Waals surface area contributed by atoms with Gasteiger partial charge in [0.05, 0.1) is 19.2 Å². The monoisotopic (exact) mass is 377 g/mol. The number of carbonyl (C=O) groups is 2. The van der Waals surface area contributed by atoms with Crippen LogP contribution in [0.4, 0.5) is 0 Å². The second-order valence-corrected chi connectivity index (χ2v) is 5.82. The highest BCUT2D eigenvalue weighted by Crippen LogP contribution is 2.21. The molecule has 4 N–H and O–H groups in total. The summed E-state index contributed by atoms with van der Waals surface area (Å²) in [6.45, 7) is 0.241. The first-order valence-electron chi connectivity index (χ1n) is 8.51. The predicted octanol–water partition coefficient (Wildman–Crippen LogP) is 2.09. The van der Waals surface area contributed by atoms with Gasteiger partial charge in [-0.15, -0.1) is 0 Å². The van der Waals surface area contributed by atoms with Crippen LogP contribution in [-0.4, -0.2) is 37.1 Å². The maximum atomic E-state index is 12.2. The largest absolute Gasteiger partial charge is 0.497 e. The number of hydrogen-bond acceptors (Lipinski definition) is 4. The molecule has 1 heterocycles. The summed E-state index contributed by atoms with van der Waals surface area (Å²) in [6, 6.07) is 14.0. The van der Waals surface area contributed by atoms with Gasteiger partial charge in [0, 0.05) is 17.0 Å². The Labute approximate surface area is 161 Å². The van der Waals surface area contributed by atoms with Gasteiger partial charge >= 0.3 is 0 Å². The average molecular weight is 377 g/mol.